The topological polar surface area (TPSA) is 66.4 Å². The van der Waals surface area contributed by atoms with E-state index in [0.717, 1.165) is 11.1 Å². The van der Waals surface area contributed by atoms with E-state index in [1.807, 2.05) is 60.7 Å². The Morgan fingerprint density at radius 3 is 1.65 bits per heavy atom. The second-order valence-corrected chi connectivity index (χ2v) is 5.42. The fourth-order valence-corrected chi connectivity index (χ4v) is 2.26. The van der Waals surface area contributed by atoms with E-state index in [-0.39, 0.29) is 0 Å². The first-order valence-corrected chi connectivity index (χ1v) is 7.45. The van der Waals surface area contributed by atoms with Crippen LogP contribution in [0.15, 0.2) is 70.7 Å². The zero-order chi connectivity index (χ0) is 16.8. The van der Waals surface area contributed by atoms with E-state index in [4.69, 9.17) is 28.3 Å². The predicted octanol–water partition coefficient (Wildman–Crippen LogP) is 3.67. The molecular formula is C17H13Cl2NO3. The van der Waals surface area contributed by atoms with Gasteiger partial charge in [0.2, 0.25) is 0 Å². The van der Waals surface area contributed by atoms with Crippen LogP contribution in [0.25, 0.3) is 0 Å². The van der Waals surface area contributed by atoms with Gasteiger partial charge in [-0.1, -0.05) is 83.9 Å². The quantitative estimate of drug-likeness (QED) is 0.809. The van der Waals surface area contributed by atoms with Crippen molar-refractivity contribution in [1.29, 1.82) is 0 Å². The van der Waals surface area contributed by atoms with Gasteiger partial charge >= 0.3 is 5.97 Å². The minimum atomic E-state index is -1.46. The first-order chi connectivity index (χ1) is 11.0. The third-order valence-corrected chi connectivity index (χ3v) is 3.93. The molecule has 1 amide bonds. The van der Waals surface area contributed by atoms with E-state index >= 15 is 0 Å². The van der Waals surface area contributed by atoms with Crippen molar-refractivity contribution in [2.24, 2.45) is 0 Å². The van der Waals surface area contributed by atoms with Crippen LogP contribution >= 0.6 is 23.2 Å². The summed E-state index contributed by atoms with van der Waals surface area (Å²) in [5, 5.41) is 10.2. The number of hydrogen-bond donors (Lipinski definition) is 2. The number of carboxylic acid groups (broad SMARTS) is 1. The smallest absolute Gasteiger partial charge is 0.349 e. The molecule has 2 aromatic carbocycles. The zero-order valence-electron chi connectivity index (χ0n) is 11.9. The van der Waals surface area contributed by atoms with E-state index in [1.54, 1.807) is 0 Å². The summed E-state index contributed by atoms with van der Waals surface area (Å²) in [5.74, 6) is -2.21. The molecule has 0 aliphatic heterocycles. The molecule has 2 N–H and O–H groups in total. The fraction of sp³-hybridized carbons (Fsp3) is 0.0588. The number of carbonyl (C=O) groups is 2. The molecule has 0 aliphatic rings. The average molecular weight is 350 g/mol. The van der Waals surface area contributed by atoms with Gasteiger partial charge in [-0.3, -0.25) is 4.79 Å². The van der Waals surface area contributed by atoms with E-state index in [2.05, 4.69) is 5.32 Å². The second-order valence-electron chi connectivity index (χ2n) is 4.66. The van der Waals surface area contributed by atoms with E-state index in [1.165, 1.54) is 0 Å². The third kappa shape index (κ3) is 4.34. The van der Waals surface area contributed by atoms with Crippen molar-refractivity contribution in [2.45, 2.75) is 6.04 Å². The van der Waals surface area contributed by atoms with E-state index in [0.29, 0.717) is 0 Å². The number of amides is 1. The Hall–Kier alpha value is -2.30. The molecule has 118 valence electrons. The summed E-state index contributed by atoms with van der Waals surface area (Å²) in [5.41, 5.74) is 1.67. The van der Waals surface area contributed by atoms with Crippen molar-refractivity contribution in [1.82, 2.24) is 5.32 Å². The molecular weight excluding hydrogens is 337 g/mol. The molecule has 23 heavy (non-hydrogen) atoms. The predicted molar refractivity (Wildman–Crippen MR) is 89.2 cm³/mol. The Bertz CT molecular complexity index is 691. The number of hydrogen-bond acceptors (Lipinski definition) is 2. The molecule has 0 aliphatic carbocycles. The number of aliphatic carboxylic acids is 1. The van der Waals surface area contributed by atoms with Crippen molar-refractivity contribution in [3.05, 3.63) is 81.9 Å². The van der Waals surface area contributed by atoms with Crippen molar-refractivity contribution in [2.75, 3.05) is 0 Å². The van der Waals surface area contributed by atoms with Gasteiger partial charge in [-0.25, -0.2) is 4.79 Å². The molecule has 6 heteroatoms. The van der Waals surface area contributed by atoms with Gasteiger partial charge in [-0.2, -0.15) is 0 Å². The Balaban J connectivity index is 2.35. The van der Waals surface area contributed by atoms with Gasteiger partial charge in [0.05, 0.1) is 6.04 Å². The average Bonchev–Trinajstić information content (AvgIpc) is 2.59. The van der Waals surface area contributed by atoms with Gasteiger partial charge in [-0.05, 0) is 11.1 Å². The highest BCUT2D eigenvalue weighted by atomic mass is 35.5. The molecule has 0 saturated heterocycles. The highest BCUT2D eigenvalue weighted by molar-refractivity contribution is 6.53. The molecule has 0 radical (unpaired) electrons. The second kappa shape index (κ2) is 7.81. The van der Waals surface area contributed by atoms with Crippen LogP contribution < -0.4 is 5.32 Å². The molecule has 0 fully saturated rings. The number of carbonyl (C=O) groups excluding carboxylic acids is 1. The van der Waals surface area contributed by atoms with Gasteiger partial charge < -0.3 is 10.4 Å². The highest BCUT2D eigenvalue weighted by Crippen LogP contribution is 2.23. The Labute approximate surface area is 143 Å². The minimum absolute atomic E-state index is 0.475. The largest absolute Gasteiger partial charge is 0.477 e. The van der Waals surface area contributed by atoms with Crippen LogP contribution in [0.5, 0.6) is 0 Å². The van der Waals surface area contributed by atoms with Gasteiger partial charge in [0.1, 0.15) is 10.1 Å². The molecule has 2 rings (SSSR count). The number of halogens is 2. The molecule has 0 bridgehead atoms. The van der Waals surface area contributed by atoms with Crippen molar-refractivity contribution < 1.29 is 14.7 Å². The van der Waals surface area contributed by atoms with Crippen molar-refractivity contribution in [3.63, 3.8) is 0 Å². The minimum Gasteiger partial charge on any atom is -0.477 e. The summed E-state index contributed by atoms with van der Waals surface area (Å²) in [6, 6.07) is 18.1. The molecule has 0 spiro atoms. The number of carboxylic acids is 1. The maximum absolute atomic E-state index is 12.2. The molecule has 4 nitrogen and oxygen atoms in total. The van der Waals surface area contributed by atoms with Crippen LogP contribution in [0.4, 0.5) is 0 Å². The van der Waals surface area contributed by atoms with Gasteiger partial charge in [0.25, 0.3) is 5.91 Å². The van der Waals surface area contributed by atoms with Crippen LogP contribution in [0.3, 0.4) is 0 Å². The van der Waals surface area contributed by atoms with Crippen LogP contribution in [-0.2, 0) is 9.59 Å². The zero-order valence-corrected chi connectivity index (χ0v) is 13.4. The Morgan fingerprint density at radius 1 is 0.826 bits per heavy atom. The summed E-state index contributed by atoms with van der Waals surface area (Å²) in [6.07, 6.45) is 0. The molecule has 0 heterocycles. The maximum Gasteiger partial charge on any atom is 0.349 e. The van der Waals surface area contributed by atoms with Crippen LogP contribution in [0.2, 0.25) is 0 Å². The van der Waals surface area contributed by atoms with Gasteiger partial charge in [0.15, 0.2) is 0 Å². The van der Waals surface area contributed by atoms with E-state index < -0.39 is 28.0 Å². The first kappa shape index (κ1) is 17.1. The summed E-state index contributed by atoms with van der Waals surface area (Å²) >= 11 is 11.3. The summed E-state index contributed by atoms with van der Waals surface area (Å²) in [4.78, 5) is 23.0. The van der Waals surface area contributed by atoms with Crippen molar-refractivity contribution in [3.8, 4) is 0 Å². The lowest BCUT2D eigenvalue weighted by atomic mass is 9.99. The Kier molecular flexibility index (Phi) is 5.79. The maximum atomic E-state index is 12.2. The standard InChI is InChI=1S/C17H13Cl2NO3/c18-13(14(19)17(22)23)16(21)20-15(11-7-3-1-4-8-11)12-9-5-2-6-10-12/h1-10,15H,(H,20,21)(H,22,23)/b14-13+. The lowest BCUT2D eigenvalue weighted by Crippen LogP contribution is -2.30. The number of rotatable bonds is 5. The lowest BCUT2D eigenvalue weighted by Gasteiger charge is -2.19. The normalized spacial score (nSPS) is 11.8. The molecule has 0 saturated carbocycles. The summed E-state index contributed by atoms with van der Waals surface area (Å²) in [6.45, 7) is 0. The number of benzene rings is 2. The summed E-state index contributed by atoms with van der Waals surface area (Å²) in [7, 11) is 0. The molecule has 0 unspecified atom stereocenters. The SMILES string of the molecule is O=C(O)/C(Cl)=C(\Cl)C(=O)NC(c1ccccc1)c1ccccc1. The first-order valence-electron chi connectivity index (χ1n) is 6.70. The van der Waals surface area contributed by atoms with Crippen molar-refractivity contribution >= 4 is 35.1 Å². The molecule has 2 aromatic rings. The van der Waals surface area contributed by atoms with Crippen LogP contribution in [0.1, 0.15) is 17.2 Å². The van der Waals surface area contributed by atoms with Gasteiger partial charge in [0, 0.05) is 0 Å². The fourth-order valence-electron chi connectivity index (χ4n) is 2.04. The number of nitrogens with one attached hydrogen (secondary N) is 1. The monoisotopic (exact) mass is 349 g/mol. The van der Waals surface area contributed by atoms with Gasteiger partial charge in [-0.15, -0.1) is 0 Å². The molecule has 0 atom stereocenters. The Morgan fingerprint density at radius 2 is 1.26 bits per heavy atom. The van der Waals surface area contributed by atoms with Crippen LogP contribution in [0, 0.1) is 0 Å². The highest BCUT2D eigenvalue weighted by Gasteiger charge is 2.22. The van der Waals surface area contributed by atoms with Crippen LogP contribution in [-0.4, -0.2) is 17.0 Å². The molecule has 0 aromatic heterocycles. The lowest BCUT2D eigenvalue weighted by molar-refractivity contribution is -0.132. The van der Waals surface area contributed by atoms with E-state index in [9.17, 15) is 9.59 Å². The summed E-state index contributed by atoms with van der Waals surface area (Å²) < 4.78 is 0. The third-order valence-electron chi connectivity index (χ3n) is 3.12.